The van der Waals surface area contributed by atoms with Crippen LogP contribution in [0.2, 0.25) is 0 Å². The number of nitrogens with zero attached hydrogens (tertiary/aromatic N) is 2. The highest BCUT2D eigenvalue weighted by atomic mass is 14.9. The first kappa shape index (κ1) is 30.3. The van der Waals surface area contributed by atoms with Gasteiger partial charge in [0.05, 0.1) is 12.2 Å². The van der Waals surface area contributed by atoms with E-state index in [-0.39, 0.29) is 5.41 Å². The van der Waals surface area contributed by atoms with Crippen LogP contribution in [0, 0.1) is 0 Å². The van der Waals surface area contributed by atoms with E-state index in [1.54, 1.807) is 0 Å². The monoisotopic (exact) mass is 631 g/mol. The molecule has 0 saturated carbocycles. The average Bonchev–Trinajstić information content (AvgIpc) is 3.40. The molecule has 0 heterocycles. The van der Waals surface area contributed by atoms with Gasteiger partial charge in [-0.1, -0.05) is 153 Å². The zero-order valence-corrected chi connectivity index (χ0v) is 27.8. The van der Waals surface area contributed by atoms with Crippen LogP contribution in [0.1, 0.15) is 41.7 Å². The molecule has 0 fully saturated rings. The molecule has 0 spiro atoms. The van der Waals surface area contributed by atoms with Crippen LogP contribution in [0.3, 0.4) is 0 Å². The second-order valence-electron chi connectivity index (χ2n) is 13.1. The highest BCUT2D eigenvalue weighted by Gasteiger charge is 2.39. The number of nitrogens with one attached hydrogen (secondary N) is 1. The molecule has 3 heteroatoms. The van der Waals surface area contributed by atoms with E-state index in [2.05, 4.69) is 147 Å². The molecule has 7 aromatic carbocycles. The first-order chi connectivity index (χ1) is 24.1. The number of hydrogen-bond donors (Lipinski definition) is 1. The summed E-state index contributed by atoms with van der Waals surface area (Å²) in [5.74, 6) is 0.700. The van der Waals surface area contributed by atoms with E-state index in [0.717, 1.165) is 28.1 Å². The van der Waals surface area contributed by atoms with Gasteiger partial charge in [0.1, 0.15) is 0 Å². The van der Waals surface area contributed by atoms with E-state index >= 15 is 0 Å². The molecular formula is C46H37N3. The van der Waals surface area contributed by atoms with Crippen molar-refractivity contribution < 1.29 is 0 Å². The maximum absolute atomic E-state index is 4.96. The summed E-state index contributed by atoms with van der Waals surface area (Å²) >= 11 is 0. The largest absolute Gasteiger partial charge is 0.354 e. The first-order valence-electron chi connectivity index (χ1n) is 16.9. The van der Waals surface area contributed by atoms with Gasteiger partial charge in [0, 0.05) is 33.8 Å². The van der Waals surface area contributed by atoms with Crippen LogP contribution in [0.15, 0.2) is 174 Å². The van der Waals surface area contributed by atoms with E-state index in [9.17, 15) is 0 Å². The Morgan fingerprint density at radius 1 is 0.612 bits per heavy atom. The lowest BCUT2D eigenvalue weighted by atomic mass is 9.78. The van der Waals surface area contributed by atoms with E-state index < -0.39 is 0 Å². The van der Waals surface area contributed by atoms with Crippen LogP contribution in [0.25, 0.3) is 33.0 Å². The second-order valence-corrected chi connectivity index (χ2v) is 13.1. The zero-order valence-electron chi connectivity index (χ0n) is 27.8. The lowest BCUT2D eigenvalue weighted by Gasteiger charge is -2.26. The van der Waals surface area contributed by atoms with Crippen molar-refractivity contribution in [3.63, 3.8) is 0 Å². The summed E-state index contributed by atoms with van der Waals surface area (Å²) < 4.78 is 0. The van der Waals surface area contributed by atoms with Crippen molar-refractivity contribution in [3.05, 3.63) is 192 Å². The van der Waals surface area contributed by atoms with Crippen LogP contribution < -0.4 is 5.32 Å². The van der Waals surface area contributed by atoms with Crippen LogP contribution >= 0.6 is 0 Å². The zero-order chi connectivity index (χ0) is 33.2. The normalized spacial score (nSPS) is 13.4. The van der Waals surface area contributed by atoms with Crippen molar-refractivity contribution in [1.82, 2.24) is 0 Å². The number of rotatable bonds is 7. The summed E-state index contributed by atoms with van der Waals surface area (Å²) in [6, 6.07) is 57.6. The fraction of sp³-hybridized carbons (Fsp3) is 0.0870. The molecule has 3 nitrogen and oxygen atoms in total. The van der Waals surface area contributed by atoms with Crippen LogP contribution in [0.4, 0.5) is 11.4 Å². The van der Waals surface area contributed by atoms with E-state index in [4.69, 9.17) is 9.98 Å². The Bertz CT molecular complexity index is 2320. The molecule has 0 amide bonds. The number of benzene rings is 7. The Kier molecular flexibility index (Phi) is 7.95. The van der Waals surface area contributed by atoms with Crippen molar-refractivity contribution in [2.45, 2.75) is 25.8 Å². The molecule has 0 aromatic heterocycles. The summed E-state index contributed by atoms with van der Waals surface area (Å²) in [6.45, 7) is 5.28. The lowest BCUT2D eigenvalue weighted by Crippen LogP contribution is -2.16. The van der Waals surface area contributed by atoms with Crippen molar-refractivity contribution in [2.24, 2.45) is 9.98 Å². The maximum Gasteiger partial charge on any atom is 0.154 e. The van der Waals surface area contributed by atoms with Gasteiger partial charge in [-0.05, 0) is 68.6 Å². The fourth-order valence-corrected chi connectivity index (χ4v) is 7.24. The van der Waals surface area contributed by atoms with Gasteiger partial charge in [0.25, 0.3) is 0 Å². The van der Waals surface area contributed by atoms with Crippen molar-refractivity contribution >= 4 is 34.2 Å². The molecule has 1 aliphatic carbocycles. The number of amidine groups is 1. The molecule has 49 heavy (non-hydrogen) atoms. The summed E-state index contributed by atoms with van der Waals surface area (Å²) in [5, 5.41) is 6.40. The highest BCUT2D eigenvalue weighted by molar-refractivity contribution is 6.14. The topological polar surface area (TPSA) is 36.8 Å². The van der Waals surface area contributed by atoms with E-state index in [1.165, 1.54) is 44.2 Å². The molecule has 0 radical (unpaired) electrons. The van der Waals surface area contributed by atoms with E-state index in [0.29, 0.717) is 12.4 Å². The van der Waals surface area contributed by atoms with Gasteiger partial charge in [-0.25, -0.2) is 4.99 Å². The van der Waals surface area contributed by atoms with Gasteiger partial charge in [0.2, 0.25) is 0 Å². The van der Waals surface area contributed by atoms with Gasteiger partial charge < -0.3 is 5.32 Å². The molecule has 8 rings (SSSR count). The number of aliphatic imine (C=N–C) groups is 2. The quantitative estimate of drug-likeness (QED) is 0.138. The third-order valence-electron chi connectivity index (χ3n) is 9.58. The first-order valence-corrected chi connectivity index (χ1v) is 16.9. The Labute approximate surface area is 288 Å². The lowest BCUT2D eigenvalue weighted by molar-refractivity contribution is 0.666. The molecule has 0 unspecified atom stereocenters. The number of fused-ring (bicyclic) bond motifs is 5. The second kappa shape index (κ2) is 12.9. The molecule has 7 aromatic rings. The minimum Gasteiger partial charge on any atom is -0.354 e. The summed E-state index contributed by atoms with van der Waals surface area (Å²) in [5.41, 5.74) is 12.9. The molecule has 0 aliphatic heterocycles. The van der Waals surface area contributed by atoms with Crippen LogP contribution in [0.5, 0.6) is 0 Å². The molecule has 0 bridgehead atoms. The van der Waals surface area contributed by atoms with Crippen LogP contribution in [-0.4, -0.2) is 12.1 Å². The summed E-state index contributed by atoms with van der Waals surface area (Å²) in [6.07, 6.45) is 1.89. The van der Waals surface area contributed by atoms with Gasteiger partial charge in [-0.3, -0.25) is 4.99 Å². The standard InChI is InChI=1S/C46H37N3/c1-46(2)40-25-15-14-24-39(40)42-41(34-20-10-5-11-21-34)44(38-23-13-12-22-37(38)43(42)46)49-36-28-26-35(27-29-36)45(47-30-32-16-6-3-7-17-32)48-31-33-18-8-4-9-19-33/h3-30,49H,31H2,1-2H3. The third kappa shape index (κ3) is 5.74. The van der Waals surface area contributed by atoms with Crippen molar-refractivity contribution in [1.29, 1.82) is 0 Å². The smallest absolute Gasteiger partial charge is 0.154 e. The van der Waals surface area contributed by atoms with Crippen molar-refractivity contribution in [2.75, 3.05) is 5.32 Å². The molecule has 236 valence electrons. The minimum atomic E-state index is -0.134. The Morgan fingerprint density at radius 3 is 1.96 bits per heavy atom. The van der Waals surface area contributed by atoms with E-state index in [1.807, 2.05) is 42.6 Å². The average molecular weight is 632 g/mol. The number of anilines is 2. The maximum atomic E-state index is 4.96. The molecule has 1 aliphatic rings. The highest BCUT2D eigenvalue weighted by Crippen LogP contribution is 2.57. The number of hydrogen-bond acceptors (Lipinski definition) is 2. The molecular weight excluding hydrogens is 595 g/mol. The predicted octanol–water partition coefficient (Wildman–Crippen LogP) is 11.6. The summed E-state index contributed by atoms with van der Waals surface area (Å²) in [7, 11) is 0. The third-order valence-corrected chi connectivity index (χ3v) is 9.58. The van der Waals surface area contributed by atoms with Gasteiger partial charge in [0.15, 0.2) is 5.84 Å². The summed E-state index contributed by atoms with van der Waals surface area (Å²) in [4.78, 5) is 9.83. The molecule has 0 atom stereocenters. The Hall–Kier alpha value is -6.06. The van der Waals surface area contributed by atoms with Gasteiger partial charge in [-0.2, -0.15) is 0 Å². The van der Waals surface area contributed by atoms with Crippen LogP contribution in [-0.2, 0) is 12.0 Å². The molecule has 1 N–H and O–H groups in total. The minimum absolute atomic E-state index is 0.134. The SMILES string of the molecule is CC1(C)c2ccccc2-c2c(-c3ccccc3)c(Nc3ccc(C(N=Cc4ccccc4)=NCc4ccccc4)cc3)c3ccccc3c21. The molecule has 0 saturated heterocycles. The van der Waals surface area contributed by atoms with Gasteiger partial charge in [-0.15, -0.1) is 0 Å². The Morgan fingerprint density at radius 2 is 1.22 bits per heavy atom. The Balaban J connectivity index is 1.24. The predicted molar refractivity (Wildman–Crippen MR) is 207 cm³/mol. The fourth-order valence-electron chi connectivity index (χ4n) is 7.24. The van der Waals surface area contributed by atoms with Gasteiger partial charge >= 0.3 is 0 Å². The van der Waals surface area contributed by atoms with Crippen molar-refractivity contribution in [3.8, 4) is 22.3 Å².